The number of Topliss-reactive ketones (excluding diaryl/α,β-unsaturated/α-hetero) is 1. The highest BCUT2D eigenvalue weighted by atomic mass is 32.2. The summed E-state index contributed by atoms with van der Waals surface area (Å²) < 4.78 is 9.77. The van der Waals surface area contributed by atoms with Crippen LogP contribution in [0.1, 0.15) is 30.7 Å². The van der Waals surface area contributed by atoms with Gasteiger partial charge in [-0.2, -0.15) is 19.7 Å². The number of nitrogens with zero attached hydrogens (tertiary/aromatic N) is 5. The largest absolute Gasteiger partial charge is 0.496 e. The summed E-state index contributed by atoms with van der Waals surface area (Å²) in [6.45, 7) is 8.03. The topological polar surface area (TPSA) is 106 Å². The second-order valence-corrected chi connectivity index (χ2v) is 8.26. The highest BCUT2D eigenvalue weighted by Crippen LogP contribution is 2.41. The minimum absolute atomic E-state index is 0.0551. The summed E-state index contributed by atoms with van der Waals surface area (Å²) in [7, 11) is 1.64. The van der Waals surface area contributed by atoms with Crippen molar-refractivity contribution in [2.24, 2.45) is 25.7 Å². The lowest BCUT2D eigenvalue weighted by Crippen LogP contribution is -2.38. The van der Waals surface area contributed by atoms with Crippen molar-refractivity contribution < 1.29 is 9.53 Å². The van der Waals surface area contributed by atoms with Crippen LogP contribution in [-0.4, -0.2) is 46.0 Å². The molecule has 9 heteroatoms. The summed E-state index contributed by atoms with van der Waals surface area (Å²) in [4.78, 5) is 17.5. The lowest BCUT2D eigenvalue weighted by molar-refractivity contribution is -0.119. The molecule has 0 fully saturated rings. The highest BCUT2D eigenvalue weighted by molar-refractivity contribution is 7.98. The molecule has 0 saturated carbocycles. The monoisotopic (exact) mass is 398 g/mol. The number of carbonyl (C=O) groups excluding carboxylic acids is 1. The zero-order chi connectivity index (χ0) is 20.2. The number of ketones is 1. The number of aromatic nitrogens is 1. The molecule has 0 aromatic carbocycles. The fraction of sp³-hybridized carbons (Fsp3) is 0.421. The third-order valence-corrected chi connectivity index (χ3v) is 6.04. The molecule has 1 aromatic rings. The zero-order valence-electron chi connectivity index (χ0n) is 16.5. The maximum Gasteiger partial charge on any atom is 0.172 e. The maximum atomic E-state index is 13.0. The van der Waals surface area contributed by atoms with Crippen LogP contribution in [0.4, 0.5) is 0 Å². The number of amidine groups is 1. The molecule has 3 aliphatic rings. The van der Waals surface area contributed by atoms with E-state index in [1.807, 2.05) is 27.7 Å². The molecule has 0 amide bonds. The van der Waals surface area contributed by atoms with Gasteiger partial charge >= 0.3 is 0 Å². The first kappa shape index (κ1) is 18.7. The smallest absolute Gasteiger partial charge is 0.172 e. The van der Waals surface area contributed by atoms with E-state index in [1.54, 1.807) is 18.4 Å². The summed E-state index contributed by atoms with van der Waals surface area (Å²) in [6.07, 6.45) is 1.77. The number of ether oxygens (including phenoxy) is 1. The number of hydrazone groups is 2. The normalized spacial score (nSPS) is 20.4. The van der Waals surface area contributed by atoms with Gasteiger partial charge in [-0.1, -0.05) is 0 Å². The molecular formula is C19H22N6O2S. The Kier molecular flexibility index (Phi) is 4.29. The first-order valence-electron chi connectivity index (χ1n) is 8.94. The van der Waals surface area contributed by atoms with Crippen molar-refractivity contribution in [2.75, 3.05) is 12.9 Å². The molecule has 4 rings (SSSR count). The summed E-state index contributed by atoms with van der Waals surface area (Å²) >= 11 is 1.27. The first-order chi connectivity index (χ1) is 13.3. The standard InChI is InChI=1S/C19H22N6O2S/c1-9-6-21-12(10(2)15(9)27-5)7-25-22-14-13-11(8-28-24-18(14)20)17(26)19(3,4)16(13)23-25/h6H,7-8H2,1-5H3,(H2,20,24). The lowest BCUT2D eigenvalue weighted by Gasteiger charge is -2.27. The minimum Gasteiger partial charge on any atom is -0.496 e. The highest BCUT2D eigenvalue weighted by Gasteiger charge is 2.50. The van der Waals surface area contributed by atoms with E-state index in [2.05, 4.69) is 14.5 Å². The number of rotatable bonds is 3. The molecule has 1 aromatic heterocycles. The number of carbonyl (C=O) groups is 1. The predicted molar refractivity (Wildman–Crippen MR) is 111 cm³/mol. The maximum absolute atomic E-state index is 13.0. The van der Waals surface area contributed by atoms with Crippen LogP contribution in [0.3, 0.4) is 0 Å². The van der Waals surface area contributed by atoms with Crippen molar-refractivity contribution in [3.05, 3.63) is 34.2 Å². The van der Waals surface area contributed by atoms with Crippen LogP contribution in [0.5, 0.6) is 5.75 Å². The number of hydrogen-bond acceptors (Lipinski definition) is 9. The van der Waals surface area contributed by atoms with Crippen molar-refractivity contribution in [2.45, 2.75) is 34.2 Å². The molecule has 0 saturated heterocycles. The van der Waals surface area contributed by atoms with Crippen molar-refractivity contribution in [3.8, 4) is 5.75 Å². The second-order valence-electron chi connectivity index (χ2n) is 7.53. The van der Waals surface area contributed by atoms with E-state index >= 15 is 0 Å². The lowest BCUT2D eigenvalue weighted by atomic mass is 9.85. The Morgan fingerprint density at radius 2 is 2.07 bits per heavy atom. The Morgan fingerprint density at radius 1 is 1.32 bits per heavy atom. The summed E-state index contributed by atoms with van der Waals surface area (Å²) in [6, 6.07) is 0. The molecule has 0 radical (unpaired) electrons. The van der Waals surface area contributed by atoms with Crippen molar-refractivity contribution in [1.82, 2.24) is 10.1 Å². The van der Waals surface area contributed by atoms with E-state index in [9.17, 15) is 4.79 Å². The molecular weight excluding hydrogens is 376 g/mol. The van der Waals surface area contributed by atoms with Crippen LogP contribution < -0.4 is 10.5 Å². The van der Waals surface area contributed by atoms with Crippen molar-refractivity contribution in [1.29, 1.82) is 0 Å². The quantitative estimate of drug-likeness (QED) is 0.782. The van der Waals surface area contributed by atoms with E-state index in [4.69, 9.17) is 15.6 Å². The molecule has 0 unspecified atom stereocenters. The number of hydrogen-bond donors (Lipinski definition) is 1. The van der Waals surface area contributed by atoms with Gasteiger partial charge < -0.3 is 10.5 Å². The Morgan fingerprint density at radius 3 is 2.79 bits per heavy atom. The van der Waals surface area contributed by atoms with Crippen LogP contribution in [-0.2, 0) is 11.3 Å². The van der Waals surface area contributed by atoms with E-state index in [0.717, 1.165) is 28.1 Å². The molecule has 3 heterocycles. The average Bonchev–Trinajstić information content (AvgIpc) is 2.76. The van der Waals surface area contributed by atoms with Gasteiger partial charge in [-0.3, -0.25) is 9.78 Å². The van der Waals surface area contributed by atoms with Gasteiger partial charge in [-0.15, -0.1) is 0 Å². The fourth-order valence-corrected chi connectivity index (χ4v) is 4.44. The first-order valence-corrected chi connectivity index (χ1v) is 9.88. The van der Waals surface area contributed by atoms with Crippen LogP contribution in [0.15, 0.2) is 31.9 Å². The van der Waals surface area contributed by atoms with Gasteiger partial charge in [-0.05, 0) is 39.6 Å². The molecule has 8 nitrogen and oxygen atoms in total. The van der Waals surface area contributed by atoms with Crippen LogP contribution >= 0.6 is 11.9 Å². The Hall–Kier alpha value is -2.68. The zero-order valence-corrected chi connectivity index (χ0v) is 17.3. The number of nitrogens with two attached hydrogens (primary N) is 1. The van der Waals surface area contributed by atoms with Gasteiger partial charge in [0.1, 0.15) is 18.0 Å². The molecule has 2 aliphatic heterocycles. The van der Waals surface area contributed by atoms with E-state index in [0.29, 0.717) is 35.1 Å². The summed E-state index contributed by atoms with van der Waals surface area (Å²) in [5.41, 5.74) is 10.8. The second kappa shape index (κ2) is 6.44. The Bertz CT molecular complexity index is 1020. The molecule has 146 valence electrons. The average molecular weight is 398 g/mol. The SMILES string of the molecule is COc1c(C)cnc(CN2N=C3C(N)=NSCC4=C3C(=N2)C(C)(C)C4=O)c1C. The number of methoxy groups -OCH3 is 1. The van der Waals surface area contributed by atoms with Gasteiger partial charge in [0.05, 0.1) is 23.9 Å². The van der Waals surface area contributed by atoms with E-state index < -0.39 is 5.41 Å². The van der Waals surface area contributed by atoms with Crippen LogP contribution in [0, 0.1) is 19.3 Å². The summed E-state index contributed by atoms with van der Waals surface area (Å²) in [5, 5.41) is 10.9. The summed E-state index contributed by atoms with van der Waals surface area (Å²) in [5.74, 6) is 1.64. The number of aryl methyl sites for hydroxylation is 1. The van der Waals surface area contributed by atoms with Gasteiger partial charge in [0.2, 0.25) is 0 Å². The minimum atomic E-state index is -0.726. The van der Waals surface area contributed by atoms with Crippen molar-refractivity contribution >= 4 is 35.0 Å². The van der Waals surface area contributed by atoms with E-state index in [1.165, 1.54) is 11.9 Å². The van der Waals surface area contributed by atoms with Gasteiger partial charge in [0, 0.05) is 34.2 Å². The van der Waals surface area contributed by atoms with Crippen LogP contribution in [0.25, 0.3) is 0 Å². The fourth-order valence-electron chi connectivity index (χ4n) is 3.75. The van der Waals surface area contributed by atoms with Crippen molar-refractivity contribution in [3.63, 3.8) is 0 Å². The third kappa shape index (κ3) is 2.64. The van der Waals surface area contributed by atoms with Crippen LogP contribution in [0.2, 0.25) is 0 Å². The predicted octanol–water partition coefficient (Wildman–Crippen LogP) is 2.16. The van der Waals surface area contributed by atoms with Gasteiger partial charge in [0.25, 0.3) is 0 Å². The molecule has 28 heavy (non-hydrogen) atoms. The van der Waals surface area contributed by atoms with Gasteiger partial charge in [0.15, 0.2) is 11.6 Å². The van der Waals surface area contributed by atoms with E-state index in [-0.39, 0.29) is 5.78 Å². The molecule has 2 N–H and O–H groups in total. The number of pyridine rings is 1. The molecule has 0 spiro atoms. The Balaban J connectivity index is 1.80. The molecule has 0 atom stereocenters. The molecule has 1 aliphatic carbocycles. The Labute approximate surface area is 167 Å². The molecule has 0 bridgehead atoms. The third-order valence-electron chi connectivity index (χ3n) is 5.30. The van der Waals surface area contributed by atoms with Gasteiger partial charge in [-0.25, -0.2) is 0 Å².